The Labute approximate surface area is 219 Å². The van der Waals surface area contributed by atoms with Gasteiger partial charge in [0.2, 0.25) is 5.91 Å². The average molecular weight is 591 g/mol. The zero-order chi connectivity index (χ0) is 24.3. The molecule has 0 aromatic heterocycles. The highest BCUT2D eigenvalue weighted by molar-refractivity contribution is 14.1. The Bertz CT molecular complexity index is 1080. The van der Waals surface area contributed by atoms with Crippen molar-refractivity contribution in [1.82, 2.24) is 10.2 Å². The summed E-state index contributed by atoms with van der Waals surface area (Å²) < 4.78 is 6.85. The molecule has 3 rings (SSSR count). The Kier molecular flexibility index (Phi) is 10.2. The number of rotatable bonds is 11. The van der Waals surface area contributed by atoms with Crippen LogP contribution in [0.5, 0.6) is 5.75 Å². The Balaban J connectivity index is 1.89. The van der Waals surface area contributed by atoms with E-state index >= 15 is 0 Å². The molecule has 0 radical (unpaired) electrons. The molecule has 7 heteroatoms. The van der Waals surface area contributed by atoms with E-state index in [0.717, 1.165) is 21.1 Å². The van der Waals surface area contributed by atoms with Gasteiger partial charge in [-0.05, 0) is 70.5 Å². The second kappa shape index (κ2) is 13.3. The molecule has 2 amide bonds. The zero-order valence-electron chi connectivity index (χ0n) is 19.0. The lowest BCUT2D eigenvalue weighted by atomic mass is 10.0. The number of carbonyl (C=O) groups excluding carboxylic acids is 2. The molecule has 178 valence electrons. The van der Waals surface area contributed by atoms with Crippen molar-refractivity contribution < 1.29 is 14.3 Å². The normalized spacial score (nSPS) is 11.5. The van der Waals surface area contributed by atoms with Crippen LogP contribution in [0.1, 0.15) is 24.5 Å². The lowest BCUT2D eigenvalue weighted by Crippen LogP contribution is -2.51. The monoisotopic (exact) mass is 590 g/mol. The first-order valence-corrected chi connectivity index (χ1v) is 12.7. The van der Waals surface area contributed by atoms with E-state index in [1.807, 2.05) is 79.7 Å². The van der Waals surface area contributed by atoms with Crippen molar-refractivity contribution in [2.24, 2.45) is 0 Å². The van der Waals surface area contributed by atoms with Gasteiger partial charge in [0, 0.05) is 28.1 Å². The topological polar surface area (TPSA) is 58.6 Å². The molecule has 0 aliphatic heterocycles. The van der Waals surface area contributed by atoms with Crippen molar-refractivity contribution >= 4 is 46.0 Å². The Morgan fingerprint density at radius 2 is 1.68 bits per heavy atom. The zero-order valence-corrected chi connectivity index (χ0v) is 22.0. The fourth-order valence-corrected chi connectivity index (χ4v) is 4.04. The molecule has 0 saturated carbocycles. The number of halogens is 2. The van der Waals surface area contributed by atoms with Gasteiger partial charge in [0.25, 0.3) is 5.91 Å². The first-order valence-electron chi connectivity index (χ1n) is 11.2. The van der Waals surface area contributed by atoms with Crippen LogP contribution in [-0.2, 0) is 22.6 Å². The van der Waals surface area contributed by atoms with E-state index in [1.165, 1.54) is 0 Å². The van der Waals surface area contributed by atoms with E-state index in [1.54, 1.807) is 11.0 Å². The first-order chi connectivity index (χ1) is 16.5. The minimum absolute atomic E-state index is 0.183. The second-order valence-corrected chi connectivity index (χ2v) is 9.51. The molecule has 0 aliphatic carbocycles. The molecular weight excluding hydrogens is 563 g/mol. The molecule has 0 spiro atoms. The van der Waals surface area contributed by atoms with Gasteiger partial charge >= 0.3 is 0 Å². The van der Waals surface area contributed by atoms with E-state index in [4.69, 9.17) is 16.3 Å². The van der Waals surface area contributed by atoms with Gasteiger partial charge in [-0.15, -0.1) is 0 Å². The van der Waals surface area contributed by atoms with Crippen molar-refractivity contribution in [2.75, 3.05) is 13.2 Å². The summed E-state index contributed by atoms with van der Waals surface area (Å²) in [5, 5.41) is 3.51. The SMILES string of the molecule is CCCNC(=O)C(Cc1ccccc1)N(Cc1ccccc1Cl)C(=O)COc1ccc(I)cc1. The summed E-state index contributed by atoms with van der Waals surface area (Å²) in [6.07, 6.45) is 1.19. The third kappa shape index (κ3) is 7.74. The number of ether oxygens (including phenoxy) is 1. The van der Waals surface area contributed by atoms with E-state index in [-0.39, 0.29) is 25.0 Å². The Hall–Kier alpha value is -2.58. The number of nitrogens with zero attached hydrogens (tertiary/aromatic N) is 1. The van der Waals surface area contributed by atoms with E-state index in [9.17, 15) is 9.59 Å². The molecule has 0 bridgehead atoms. The van der Waals surface area contributed by atoms with Crippen LogP contribution in [0.2, 0.25) is 5.02 Å². The van der Waals surface area contributed by atoms with E-state index in [0.29, 0.717) is 23.7 Å². The van der Waals surface area contributed by atoms with Crippen LogP contribution in [0.3, 0.4) is 0 Å². The third-order valence-corrected chi connectivity index (χ3v) is 6.38. The van der Waals surface area contributed by atoms with Crippen molar-refractivity contribution in [1.29, 1.82) is 0 Å². The van der Waals surface area contributed by atoms with Gasteiger partial charge in [-0.3, -0.25) is 9.59 Å². The highest BCUT2D eigenvalue weighted by atomic mass is 127. The Morgan fingerprint density at radius 1 is 1.00 bits per heavy atom. The summed E-state index contributed by atoms with van der Waals surface area (Å²) in [7, 11) is 0. The highest BCUT2D eigenvalue weighted by Crippen LogP contribution is 2.21. The van der Waals surface area contributed by atoms with Crippen LogP contribution >= 0.6 is 34.2 Å². The fourth-order valence-electron chi connectivity index (χ4n) is 3.49. The van der Waals surface area contributed by atoms with Gasteiger partial charge in [0.15, 0.2) is 6.61 Å². The van der Waals surface area contributed by atoms with E-state index < -0.39 is 6.04 Å². The largest absolute Gasteiger partial charge is 0.484 e. The first kappa shape index (κ1) is 26.0. The van der Waals surface area contributed by atoms with Crippen molar-refractivity contribution in [3.63, 3.8) is 0 Å². The van der Waals surface area contributed by atoms with Crippen LogP contribution in [-0.4, -0.2) is 35.9 Å². The van der Waals surface area contributed by atoms with Crippen LogP contribution in [0.15, 0.2) is 78.9 Å². The lowest BCUT2D eigenvalue weighted by molar-refractivity contribution is -0.142. The summed E-state index contributed by atoms with van der Waals surface area (Å²) in [5.41, 5.74) is 1.74. The van der Waals surface area contributed by atoms with Gasteiger partial charge in [0.05, 0.1) is 0 Å². The quantitative estimate of drug-likeness (QED) is 0.301. The van der Waals surface area contributed by atoms with Gasteiger partial charge in [0.1, 0.15) is 11.8 Å². The lowest BCUT2D eigenvalue weighted by Gasteiger charge is -2.31. The summed E-state index contributed by atoms with van der Waals surface area (Å²) in [6.45, 7) is 2.55. The maximum absolute atomic E-state index is 13.5. The minimum Gasteiger partial charge on any atom is -0.484 e. The molecule has 3 aromatic rings. The van der Waals surface area contributed by atoms with Crippen molar-refractivity contribution in [3.8, 4) is 5.75 Å². The number of amides is 2. The van der Waals surface area contributed by atoms with Gasteiger partial charge in [-0.1, -0.05) is 67.1 Å². The van der Waals surface area contributed by atoms with Crippen LogP contribution < -0.4 is 10.1 Å². The molecule has 1 atom stereocenters. The molecule has 3 aromatic carbocycles. The molecule has 1 unspecified atom stereocenters. The standard InChI is InChI=1S/C27H28ClIN2O3/c1-2-16-30-27(33)25(17-20-8-4-3-5-9-20)31(18-21-10-6-7-11-24(21)28)26(32)19-34-23-14-12-22(29)13-15-23/h3-15,25H,2,16-19H2,1H3,(H,30,33). The molecule has 0 fully saturated rings. The molecule has 5 nitrogen and oxygen atoms in total. The van der Waals surface area contributed by atoms with Crippen molar-refractivity contribution in [3.05, 3.63) is 98.6 Å². The predicted molar refractivity (Wildman–Crippen MR) is 144 cm³/mol. The molecule has 0 heterocycles. The predicted octanol–water partition coefficient (Wildman–Crippen LogP) is 5.49. The maximum atomic E-state index is 13.5. The maximum Gasteiger partial charge on any atom is 0.261 e. The molecule has 0 aliphatic rings. The molecular formula is C27H28ClIN2O3. The van der Waals surface area contributed by atoms with Crippen LogP contribution in [0.25, 0.3) is 0 Å². The minimum atomic E-state index is -0.710. The highest BCUT2D eigenvalue weighted by Gasteiger charge is 2.31. The number of nitrogens with one attached hydrogen (secondary N) is 1. The molecule has 0 saturated heterocycles. The molecule has 34 heavy (non-hydrogen) atoms. The van der Waals surface area contributed by atoms with Gasteiger partial charge < -0.3 is 15.0 Å². The van der Waals surface area contributed by atoms with Crippen LogP contribution in [0, 0.1) is 3.57 Å². The second-order valence-electron chi connectivity index (χ2n) is 7.85. The van der Waals surface area contributed by atoms with Gasteiger partial charge in [-0.25, -0.2) is 0 Å². The van der Waals surface area contributed by atoms with E-state index in [2.05, 4.69) is 27.9 Å². The number of hydrogen-bond acceptors (Lipinski definition) is 3. The smallest absolute Gasteiger partial charge is 0.261 e. The Morgan fingerprint density at radius 3 is 2.35 bits per heavy atom. The van der Waals surface area contributed by atoms with Gasteiger partial charge in [-0.2, -0.15) is 0 Å². The summed E-state index contributed by atoms with van der Waals surface area (Å²) >= 11 is 8.63. The summed E-state index contributed by atoms with van der Waals surface area (Å²) in [4.78, 5) is 28.3. The molecule has 1 N–H and O–H groups in total. The number of carbonyl (C=O) groups is 2. The number of benzene rings is 3. The van der Waals surface area contributed by atoms with Crippen molar-refractivity contribution in [2.45, 2.75) is 32.4 Å². The average Bonchev–Trinajstić information content (AvgIpc) is 2.85. The van der Waals surface area contributed by atoms with Crippen LogP contribution in [0.4, 0.5) is 0 Å². The third-order valence-electron chi connectivity index (χ3n) is 5.29. The number of hydrogen-bond donors (Lipinski definition) is 1. The fraction of sp³-hybridized carbons (Fsp3) is 0.259. The summed E-state index contributed by atoms with van der Waals surface area (Å²) in [5.74, 6) is 0.118. The summed E-state index contributed by atoms with van der Waals surface area (Å²) in [6, 6.07) is 23.8.